The highest BCUT2D eigenvalue weighted by molar-refractivity contribution is 7.86. The predicted octanol–water partition coefficient (Wildman–Crippen LogP) is 7.16. The highest BCUT2D eigenvalue weighted by Crippen LogP contribution is 2.32. The first-order chi connectivity index (χ1) is 15.0. The summed E-state index contributed by atoms with van der Waals surface area (Å²) < 4.78 is 31.3. The fraction of sp³-hybridized carbons (Fsp3) is 0.778. The SMILES string of the molecule is CCCCCCCCCCCCc1ccc(S(=O)(=O)OC2CC(C)(C)NC(C)(C)C2)cc1. The number of benzene rings is 1. The zero-order valence-electron chi connectivity index (χ0n) is 21.2. The number of rotatable bonds is 14. The Morgan fingerprint density at radius 1 is 0.812 bits per heavy atom. The predicted molar refractivity (Wildman–Crippen MR) is 135 cm³/mol. The molecule has 0 aliphatic carbocycles. The van der Waals surface area contributed by atoms with Crippen molar-refractivity contribution in [3.8, 4) is 0 Å². The molecule has 4 nitrogen and oxygen atoms in total. The standard InChI is InChI=1S/C27H47NO3S/c1-6-7-8-9-10-11-12-13-14-15-16-23-17-19-25(20-18-23)32(29,30)31-24-21-26(2,3)28-27(4,5)22-24/h17-20,24,28H,6-16,21-22H2,1-5H3. The van der Waals surface area contributed by atoms with Gasteiger partial charge in [-0.2, -0.15) is 8.42 Å². The Kier molecular flexibility index (Phi) is 10.7. The molecule has 0 spiro atoms. The number of piperidine rings is 1. The molecule has 1 aromatic carbocycles. The number of nitrogens with one attached hydrogen (secondary N) is 1. The smallest absolute Gasteiger partial charge is 0.297 e. The van der Waals surface area contributed by atoms with Crippen molar-refractivity contribution >= 4 is 10.1 Å². The van der Waals surface area contributed by atoms with Gasteiger partial charge in [0, 0.05) is 11.1 Å². The quantitative estimate of drug-likeness (QED) is 0.234. The molecule has 32 heavy (non-hydrogen) atoms. The van der Waals surface area contributed by atoms with Crippen LogP contribution in [0.4, 0.5) is 0 Å². The van der Waals surface area contributed by atoms with E-state index in [0.717, 1.165) is 12.8 Å². The van der Waals surface area contributed by atoms with Gasteiger partial charge in [0.25, 0.3) is 10.1 Å². The topological polar surface area (TPSA) is 55.4 Å². The van der Waals surface area contributed by atoms with E-state index in [2.05, 4.69) is 39.9 Å². The number of hydrogen-bond donors (Lipinski definition) is 1. The van der Waals surface area contributed by atoms with E-state index in [-0.39, 0.29) is 22.1 Å². The minimum absolute atomic E-state index is 0.152. The molecule has 0 unspecified atom stereocenters. The molecule has 0 radical (unpaired) electrons. The molecule has 1 N–H and O–H groups in total. The zero-order valence-corrected chi connectivity index (χ0v) is 22.0. The van der Waals surface area contributed by atoms with Crippen molar-refractivity contribution in [1.29, 1.82) is 0 Å². The average Bonchev–Trinajstić information content (AvgIpc) is 2.67. The summed E-state index contributed by atoms with van der Waals surface area (Å²) in [7, 11) is -3.75. The Labute approximate surface area is 198 Å². The Morgan fingerprint density at radius 3 is 1.78 bits per heavy atom. The molecule has 1 aliphatic heterocycles. The number of unbranched alkanes of at least 4 members (excludes halogenated alkanes) is 9. The largest absolute Gasteiger partial charge is 0.307 e. The molecule has 5 heteroatoms. The van der Waals surface area contributed by atoms with Gasteiger partial charge in [0.1, 0.15) is 0 Å². The van der Waals surface area contributed by atoms with Crippen molar-refractivity contribution in [2.45, 2.75) is 140 Å². The first-order valence-electron chi connectivity index (χ1n) is 12.8. The lowest BCUT2D eigenvalue weighted by Crippen LogP contribution is -2.59. The summed E-state index contributed by atoms with van der Waals surface area (Å²) in [6, 6.07) is 7.30. The molecule has 0 bridgehead atoms. The van der Waals surface area contributed by atoms with Crippen LogP contribution < -0.4 is 5.32 Å². The molecule has 1 saturated heterocycles. The minimum Gasteiger partial charge on any atom is -0.307 e. The van der Waals surface area contributed by atoms with Gasteiger partial charge in [0.2, 0.25) is 0 Å². The van der Waals surface area contributed by atoms with E-state index in [4.69, 9.17) is 4.18 Å². The van der Waals surface area contributed by atoms with Gasteiger partial charge in [-0.05, 0) is 71.1 Å². The Hall–Kier alpha value is -0.910. The summed E-state index contributed by atoms with van der Waals surface area (Å²) in [6.07, 6.45) is 15.3. The fourth-order valence-electron chi connectivity index (χ4n) is 5.17. The second-order valence-electron chi connectivity index (χ2n) is 11.0. The average molecular weight is 466 g/mol. The van der Waals surface area contributed by atoms with Crippen molar-refractivity contribution in [1.82, 2.24) is 5.32 Å². The molecule has 0 aromatic heterocycles. The third kappa shape index (κ3) is 9.93. The van der Waals surface area contributed by atoms with Gasteiger partial charge in [-0.15, -0.1) is 0 Å². The fourth-order valence-corrected chi connectivity index (χ4v) is 6.25. The van der Waals surface area contributed by atoms with Crippen molar-refractivity contribution in [3.05, 3.63) is 29.8 Å². The molecule has 0 atom stereocenters. The van der Waals surface area contributed by atoms with Gasteiger partial charge in [0.05, 0.1) is 11.0 Å². The number of hydrogen-bond acceptors (Lipinski definition) is 4. The van der Waals surface area contributed by atoms with Gasteiger partial charge < -0.3 is 5.32 Å². The zero-order chi connectivity index (χ0) is 23.7. The molecule has 1 heterocycles. The van der Waals surface area contributed by atoms with Crippen LogP contribution in [0.1, 0.15) is 117 Å². The van der Waals surface area contributed by atoms with Crippen LogP contribution in [-0.4, -0.2) is 25.6 Å². The molecule has 0 saturated carbocycles. The third-order valence-electron chi connectivity index (χ3n) is 6.45. The normalized spacial score (nSPS) is 18.7. The molecule has 1 aromatic rings. The number of aryl methyl sites for hydroxylation is 1. The summed E-state index contributed by atoms with van der Waals surface area (Å²) in [5.74, 6) is 0. The van der Waals surface area contributed by atoms with Crippen molar-refractivity contribution in [2.24, 2.45) is 0 Å². The van der Waals surface area contributed by atoms with Crippen molar-refractivity contribution in [2.75, 3.05) is 0 Å². The maximum Gasteiger partial charge on any atom is 0.297 e. The Balaban J connectivity index is 1.73. The summed E-state index contributed by atoms with van der Waals surface area (Å²) in [5.41, 5.74) is 0.898. The van der Waals surface area contributed by atoms with Crippen molar-refractivity contribution < 1.29 is 12.6 Å². The monoisotopic (exact) mass is 465 g/mol. The van der Waals surface area contributed by atoms with Crippen LogP contribution >= 0.6 is 0 Å². The lowest BCUT2D eigenvalue weighted by atomic mass is 9.81. The molecule has 184 valence electrons. The highest BCUT2D eigenvalue weighted by Gasteiger charge is 2.40. The lowest BCUT2D eigenvalue weighted by Gasteiger charge is -2.45. The van der Waals surface area contributed by atoms with Crippen LogP contribution in [0.3, 0.4) is 0 Å². The Bertz CT molecular complexity index is 753. The van der Waals surface area contributed by atoms with Gasteiger partial charge in [-0.3, -0.25) is 4.18 Å². The van der Waals surface area contributed by atoms with Crippen LogP contribution in [0.5, 0.6) is 0 Å². The van der Waals surface area contributed by atoms with Gasteiger partial charge in [0.15, 0.2) is 0 Å². The van der Waals surface area contributed by atoms with E-state index in [0.29, 0.717) is 12.8 Å². The molecule has 1 aliphatic rings. The van der Waals surface area contributed by atoms with Gasteiger partial charge >= 0.3 is 0 Å². The molecule has 0 amide bonds. The lowest BCUT2D eigenvalue weighted by molar-refractivity contribution is 0.0604. The van der Waals surface area contributed by atoms with Crippen LogP contribution in [-0.2, 0) is 20.7 Å². The second-order valence-corrected chi connectivity index (χ2v) is 12.6. The van der Waals surface area contributed by atoms with Crippen LogP contribution in [0.2, 0.25) is 0 Å². The van der Waals surface area contributed by atoms with Crippen LogP contribution in [0, 0.1) is 0 Å². The maximum atomic E-state index is 12.8. The highest BCUT2D eigenvalue weighted by atomic mass is 32.2. The summed E-state index contributed by atoms with van der Waals surface area (Å²) in [6.45, 7) is 10.6. The Morgan fingerprint density at radius 2 is 1.28 bits per heavy atom. The van der Waals surface area contributed by atoms with E-state index in [1.54, 1.807) is 12.1 Å². The summed E-state index contributed by atoms with van der Waals surface area (Å²) in [4.78, 5) is 0.262. The van der Waals surface area contributed by atoms with Crippen LogP contribution in [0.15, 0.2) is 29.2 Å². The summed E-state index contributed by atoms with van der Waals surface area (Å²) >= 11 is 0. The van der Waals surface area contributed by atoms with E-state index in [1.165, 1.54) is 63.4 Å². The molecular weight excluding hydrogens is 418 g/mol. The van der Waals surface area contributed by atoms with Gasteiger partial charge in [-0.25, -0.2) is 0 Å². The van der Waals surface area contributed by atoms with E-state index in [9.17, 15) is 8.42 Å². The molecule has 2 rings (SSSR count). The third-order valence-corrected chi connectivity index (χ3v) is 7.82. The molecular formula is C27H47NO3S. The van der Waals surface area contributed by atoms with Crippen molar-refractivity contribution in [3.63, 3.8) is 0 Å². The van der Waals surface area contributed by atoms with Gasteiger partial charge in [-0.1, -0.05) is 76.8 Å². The molecule has 1 fully saturated rings. The van der Waals surface area contributed by atoms with Crippen LogP contribution in [0.25, 0.3) is 0 Å². The maximum absolute atomic E-state index is 12.8. The van der Waals surface area contributed by atoms with E-state index < -0.39 is 10.1 Å². The van der Waals surface area contributed by atoms with E-state index >= 15 is 0 Å². The first kappa shape index (κ1) is 27.3. The first-order valence-corrected chi connectivity index (χ1v) is 14.3. The second kappa shape index (κ2) is 12.5. The van der Waals surface area contributed by atoms with E-state index in [1.807, 2.05) is 12.1 Å². The summed E-state index contributed by atoms with van der Waals surface area (Å²) in [5, 5.41) is 3.57. The minimum atomic E-state index is -3.75.